The molecule has 0 saturated carbocycles. The number of ether oxygens (including phenoxy) is 1. The molecule has 2 saturated heterocycles. The van der Waals surface area contributed by atoms with Gasteiger partial charge in [0.2, 0.25) is 5.91 Å². The third-order valence-corrected chi connectivity index (χ3v) is 5.38. The molecule has 0 aromatic rings. The van der Waals surface area contributed by atoms with E-state index in [2.05, 4.69) is 24.1 Å². The molecule has 1 amide bonds. The largest absolute Gasteiger partial charge is 0.377 e. The van der Waals surface area contributed by atoms with Crippen molar-refractivity contribution in [1.29, 1.82) is 0 Å². The number of nitrogens with zero attached hydrogens (tertiary/aromatic N) is 2. The summed E-state index contributed by atoms with van der Waals surface area (Å²) in [5, 5.41) is 3.37. The number of hydrogen-bond donors (Lipinski definition) is 1. The first-order valence-electron chi connectivity index (χ1n) is 9.55. The summed E-state index contributed by atoms with van der Waals surface area (Å²) in [6.07, 6.45) is 5.33. The minimum atomic E-state index is 0.341. The van der Waals surface area contributed by atoms with E-state index in [1.165, 1.54) is 6.42 Å². The molecule has 1 unspecified atom stereocenters. The van der Waals surface area contributed by atoms with Gasteiger partial charge in [-0.15, -0.1) is 0 Å². The Kier molecular flexibility index (Phi) is 8.34. The number of piperidine rings is 1. The van der Waals surface area contributed by atoms with Crippen LogP contribution in [0.1, 0.15) is 46.0 Å². The zero-order chi connectivity index (χ0) is 16.5. The van der Waals surface area contributed by atoms with Crippen LogP contribution in [0.3, 0.4) is 0 Å². The van der Waals surface area contributed by atoms with Crippen LogP contribution in [0.15, 0.2) is 0 Å². The summed E-state index contributed by atoms with van der Waals surface area (Å²) < 4.78 is 6.00. The Hall–Kier alpha value is -0.650. The van der Waals surface area contributed by atoms with Crippen molar-refractivity contribution >= 4 is 5.91 Å². The van der Waals surface area contributed by atoms with Crippen LogP contribution in [0.25, 0.3) is 0 Å². The van der Waals surface area contributed by atoms with Crippen LogP contribution < -0.4 is 5.32 Å². The summed E-state index contributed by atoms with van der Waals surface area (Å²) in [6.45, 7) is 12.3. The summed E-state index contributed by atoms with van der Waals surface area (Å²) in [5.74, 6) is 1.05. The number of hydrogen-bond acceptors (Lipinski definition) is 4. The van der Waals surface area contributed by atoms with Gasteiger partial charge in [-0.05, 0) is 57.8 Å². The molecule has 0 spiro atoms. The maximum atomic E-state index is 12.3. The van der Waals surface area contributed by atoms with Gasteiger partial charge in [-0.2, -0.15) is 0 Å². The molecule has 0 bridgehead atoms. The average Bonchev–Trinajstić information content (AvgIpc) is 3.11. The lowest BCUT2D eigenvalue weighted by molar-refractivity contribution is -0.134. The van der Waals surface area contributed by atoms with Gasteiger partial charge < -0.3 is 19.9 Å². The van der Waals surface area contributed by atoms with Crippen LogP contribution in [0.4, 0.5) is 0 Å². The quantitative estimate of drug-likeness (QED) is 0.701. The molecule has 2 aliphatic heterocycles. The van der Waals surface area contributed by atoms with Crippen molar-refractivity contribution in [2.24, 2.45) is 5.92 Å². The molecule has 2 rings (SSSR count). The summed E-state index contributed by atoms with van der Waals surface area (Å²) in [5.41, 5.74) is 0. The molecule has 0 aromatic heterocycles. The highest BCUT2D eigenvalue weighted by molar-refractivity contribution is 5.76. The summed E-state index contributed by atoms with van der Waals surface area (Å²) >= 11 is 0. The van der Waals surface area contributed by atoms with E-state index < -0.39 is 0 Å². The zero-order valence-corrected chi connectivity index (χ0v) is 15.1. The maximum absolute atomic E-state index is 12.3. The first-order chi connectivity index (χ1) is 11.2. The van der Waals surface area contributed by atoms with E-state index in [1.807, 2.05) is 4.90 Å². The number of likely N-dealkylation sites (tertiary alicyclic amines) is 1. The normalized spacial score (nSPS) is 22.9. The smallest absolute Gasteiger partial charge is 0.222 e. The lowest BCUT2D eigenvalue weighted by Gasteiger charge is -2.32. The minimum absolute atomic E-state index is 0.341. The number of amides is 1. The Labute approximate surface area is 141 Å². The Morgan fingerprint density at radius 2 is 1.96 bits per heavy atom. The standard InChI is InChI=1S/C18H35N3O2/c1-3-20(4-2)13-14-23-17-8-11-21(12-9-17)18(22)6-5-16-7-10-19-15-16/h16-17,19H,3-15H2,1-2H3. The van der Waals surface area contributed by atoms with Gasteiger partial charge in [0.05, 0.1) is 12.7 Å². The third kappa shape index (κ3) is 6.40. The molecule has 134 valence electrons. The number of rotatable bonds is 9. The lowest BCUT2D eigenvalue weighted by atomic mass is 10.0. The Morgan fingerprint density at radius 3 is 2.57 bits per heavy atom. The Morgan fingerprint density at radius 1 is 1.22 bits per heavy atom. The van der Waals surface area contributed by atoms with Gasteiger partial charge in [-0.25, -0.2) is 0 Å². The van der Waals surface area contributed by atoms with Crippen LogP contribution in [0.5, 0.6) is 0 Å². The summed E-state index contributed by atoms with van der Waals surface area (Å²) in [7, 11) is 0. The molecule has 0 aliphatic carbocycles. The van der Waals surface area contributed by atoms with Gasteiger partial charge in [-0.1, -0.05) is 13.8 Å². The van der Waals surface area contributed by atoms with E-state index in [4.69, 9.17) is 4.74 Å². The van der Waals surface area contributed by atoms with Crippen molar-refractivity contribution in [3.63, 3.8) is 0 Å². The van der Waals surface area contributed by atoms with Crippen LogP contribution in [0.2, 0.25) is 0 Å². The van der Waals surface area contributed by atoms with E-state index in [0.717, 1.165) is 78.1 Å². The summed E-state index contributed by atoms with van der Waals surface area (Å²) in [6, 6.07) is 0. The van der Waals surface area contributed by atoms with Crippen molar-refractivity contribution in [2.45, 2.75) is 52.1 Å². The van der Waals surface area contributed by atoms with Gasteiger partial charge >= 0.3 is 0 Å². The fraction of sp³-hybridized carbons (Fsp3) is 0.944. The van der Waals surface area contributed by atoms with E-state index in [9.17, 15) is 4.79 Å². The second-order valence-electron chi connectivity index (χ2n) is 6.88. The molecule has 5 nitrogen and oxygen atoms in total. The number of carbonyl (C=O) groups excluding carboxylic acids is 1. The average molecular weight is 325 g/mol. The van der Waals surface area contributed by atoms with E-state index in [0.29, 0.717) is 17.9 Å². The fourth-order valence-corrected chi connectivity index (χ4v) is 3.61. The van der Waals surface area contributed by atoms with E-state index in [1.54, 1.807) is 0 Å². The molecule has 2 heterocycles. The number of likely N-dealkylation sites (N-methyl/N-ethyl adjacent to an activating group) is 1. The van der Waals surface area contributed by atoms with Crippen molar-refractivity contribution in [3.8, 4) is 0 Å². The molecule has 1 N–H and O–H groups in total. The van der Waals surface area contributed by atoms with Gasteiger partial charge in [0.15, 0.2) is 0 Å². The highest BCUT2D eigenvalue weighted by Crippen LogP contribution is 2.18. The predicted molar refractivity (Wildman–Crippen MR) is 93.6 cm³/mol. The molecule has 2 fully saturated rings. The lowest BCUT2D eigenvalue weighted by Crippen LogP contribution is -2.41. The highest BCUT2D eigenvalue weighted by Gasteiger charge is 2.24. The van der Waals surface area contributed by atoms with Crippen molar-refractivity contribution in [3.05, 3.63) is 0 Å². The Balaban J connectivity index is 1.56. The van der Waals surface area contributed by atoms with Gasteiger partial charge in [-0.3, -0.25) is 4.79 Å². The van der Waals surface area contributed by atoms with Crippen LogP contribution >= 0.6 is 0 Å². The predicted octanol–water partition coefficient (Wildman–Crippen LogP) is 1.73. The van der Waals surface area contributed by atoms with Crippen LogP contribution in [0, 0.1) is 5.92 Å². The molecule has 0 radical (unpaired) electrons. The maximum Gasteiger partial charge on any atom is 0.222 e. The molecule has 1 atom stereocenters. The monoisotopic (exact) mass is 325 g/mol. The highest BCUT2D eigenvalue weighted by atomic mass is 16.5. The molecular weight excluding hydrogens is 290 g/mol. The van der Waals surface area contributed by atoms with E-state index in [-0.39, 0.29) is 0 Å². The van der Waals surface area contributed by atoms with Gasteiger partial charge in [0.25, 0.3) is 0 Å². The Bertz CT molecular complexity index is 333. The first-order valence-corrected chi connectivity index (χ1v) is 9.55. The third-order valence-electron chi connectivity index (χ3n) is 5.38. The second kappa shape index (κ2) is 10.3. The molecule has 23 heavy (non-hydrogen) atoms. The molecule has 2 aliphatic rings. The second-order valence-corrected chi connectivity index (χ2v) is 6.88. The zero-order valence-electron chi connectivity index (χ0n) is 15.1. The van der Waals surface area contributed by atoms with Crippen LogP contribution in [-0.4, -0.2) is 74.2 Å². The van der Waals surface area contributed by atoms with Crippen LogP contribution in [-0.2, 0) is 9.53 Å². The van der Waals surface area contributed by atoms with Crippen molar-refractivity contribution < 1.29 is 9.53 Å². The molecule has 5 heteroatoms. The van der Waals surface area contributed by atoms with Gasteiger partial charge in [0, 0.05) is 26.1 Å². The number of carbonyl (C=O) groups is 1. The summed E-state index contributed by atoms with van der Waals surface area (Å²) in [4.78, 5) is 16.7. The van der Waals surface area contributed by atoms with Crippen molar-refractivity contribution in [2.75, 3.05) is 52.4 Å². The fourth-order valence-electron chi connectivity index (χ4n) is 3.61. The van der Waals surface area contributed by atoms with Crippen molar-refractivity contribution in [1.82, 2.24) is 15.1 Å². The minimum Gasteiger partial charge on any atom is -0.377 e. The number of nitrogens with one attached hydrogen (secondary N) is 1. The molecular formula is C18H35N3O2. The topological polar surface area (TPSA) is 44.8 Å². The van der Waals surface area contributed by atoms with Gasteiger partial charge in [0.1, 0.15) is 0 Å². The first kappa shape index (κ1) is 18.7. The SMILES string of the molecule is CCN(CC)CCOC1CCN(C(=O)CCC2CCNC2)CC1. The van der Waals surface area contributed by atoms with E-state index >= 15 is 0 Å². The molecule has 0 aromatic carbocycles.